The molecule has 0 aromatic heterocycles. The molecule has 0 aliphatic rings. The van der Waals surface area contributed by atoms with Gasteiger partial charge in [-0.15, -0.1) is 0 Å². The van der Waals surface area contributed by atoms with E-state index in [1.807, 2.05) is 0 Å². The Labute approximate surface area is 124 Å². The fourth-order valence-electron chi connectivity index (χ4n) is 1.90. The normalized spacial score (nSPS) is 11.8. The van der Waals surface area contributed by atoms with Crippen molar-refractivity contribution in [3.05, 3.63) is 63.6 Å². The molecule has 0 saturated carbocycles. The molecule has 0 aliphatic heterocycles. The van der Waals surface area contributed by atoms with Gasteiger partial charge in [0.25, 0.3) is 0 Å². The SMILES string of the molecule is CC(Nc1ccc(Br)cc1C#N)c1cccc(F)c1F. The van der Waals surface area contributed by atoms with Crippen molar-refractivity contribution >= 4 is 21.6 Å². The highest BCUT2D eigenvalue weighted by Gasteiger charge is 2.15. The van der Waals surface area contributed by atoms with Crippen molar-refractivity contribution in [2.75, 3.05) is 5.32 Å². The topological polar surface area (TPSA) is 35.8 Å². The second kappa shape index (κ2) is 6.02. The molecule has 0 heterocycles. The lowest BCUT2D eigenvalue weighted by Crippen LogP contribution is -2.10. The first-order chi connectivity index (χ1) is 9.52. The number of benzene rings is 2. The number of rotatable bonds is 3. The fraction of sp³-hybridized carbons (Fsp3) is 0.133. The Hall–Kier alpha value is -1.93. The highest BCUT2D eigenvalue weighted by atomic mass is 79.9. The Balaban J connectivity index is 2.31. The Bertz CT molecular complexity index is 680. The molecule has 0 amide bonds. The van der Waals surface area contributed by atoms with E-state index in [0.29, 0.717) is 11.3 Å². The van der Waals surface area contributed by atoms with Gasteiger partial charge in [0.15, 0.2) is 11.6 Å². The molecule has 0 aliphatic carbocycles. The van der Waals surface area contributed by atoms with Crippen LogP contribution in [0.1, 0.15) is 24.1 Å². The van der Waals surface area contributed by atoms with Gasteiger partial charge in [-0.1, -0.05) is 28.1 Å². The van der Waals surface area contributed by atoms with E-state index in [4.69, 9.17) is 5.26 Å². The molecule has 0 radical (unpaired) electrons. The molecular formula is C15H11BrF2N2. The van der Waals surface area contributed by atoms with Crippen molar-refractivity contribution in [2.24, 2.45) is 0 Å². The summed E-state index contributed by atoms with van der Waals surface area (Å²) in [5.74, 6) is -1.75. The molecule has 2 aromatic carbocycles. The molecule has 0 spiro atoms. The van der Waals surface area contributed by atoms with E-state index in [-0.39, 0.29) is 5.56 Å². The maximum atomic E-state index is 13.7. The molecule has 0 bridgehead atoms. The summed E-state index contributed by atoms with van der Waals surface area (Å²) in [5.41, 5.74) is 1.23. The second-order valence-electron chi connectivity index (χ2n) is 4.31. The number of anilines is 1. The first kappa shape index (κ1) is 14.5. The van der Waals surface area contributed by atoms with Crippen LogP contribution in [0.3, 0.4) is 0 Å². The van der Waals surface area contributed by atoms with Crippen molar-refractivity contribution < 1.29 is 8.78 Å². The summed E-state index contributed by atoms with van der Waals surface area (Å²) in [7, 11) is 0. The molecular weight excluding hydrogens is 326 g/mol. The largest absolute Gasteiger partial charge is 0.377 e. The number of nitrogens with one attached hydrogen (secondary N) is 1. The van der Waals surface area contributed by atoms with Crippen molar-refractivity contribution in [3.8, 4) is 6.07 Å². The molecule has 5 heteroatoms. The molecule has 2 aromatic rings. The van der Waals surface area contributed by atoms with E-state index in [9.17, 15) is 8.78 Å². The standard InChI is InChI=1S/C15H11BrF2N2/c1-9(12-3-2-4-13(17)15(12)18)20-14-6-5-11(16)7-10(14)8-19/h2-7,9,20H,1H3. The summed E-state index contributed by atoms with van der Waals surface area (Å²) in [6.07, 6.45) is 0. The Morgan fingerprint density at radius 2 is 2.00 bits per heavy atom. The molecule has 1 N–H and O–H groups in total. The summed E-state index contributed by atoms with van der Waals surface area (Å²) < 4.78 is 27.7. The second-order valence-corrected chi connectivity index (χ2v) is 5.23. The number of hydrogen-bond acceptors (Lipinski definition) is 2. The third kappa shape index (κ3) is 2.97. The highest BCUT2D eigenvalue weighted by Crippen LogP contribution is 2.26. The van der Waals surface area contributed by atoms with Gasteiger partial charge in [-0.25, -0.2) is 8.78 Å². The first-order valence-corrected chi connectivity index (χ1v) is 6.72. The fourth-order valence-corrected chi connectivity index (χ4v) is 2.26. The van der Waals surface area contributed by atoms with Crippen molar-refractivity contribution in [2.45, 2.75) is 13.0 Å². The maximum absolute atomic E-state index is 13.7. The van der Waals surface area contributed by atoms with Crippen LogP contribution < -0.4 is 5.32 Å². The Morgan fingerprint density at radius 3 is 2.70 bits per heavy atom. The van der Waals surface area contributed by atoms with E-state index >= 15 is 0 Å². The Kier molecular flexibility index (Phi) is 4.35. The molecule has 20 heavy (non-hydrogen) atoms. The van der Waals surface area contributed by atoms with Crippen molar-refractivity contribution in [1.82, 2.24) is 0 Å². The summed E-state index contributed by atoms with van der Waals surface area (Å²) in [6.45, 7) is 1.71. The van der Waals surface area contributed by atoms with Crippen molar-refractivity contribution in [3.63, 3.8) is 0 Å². The first-order valence-electron chi connectivity index (χ1n) is 5.93. The maximum Gasteiger partial charge on any atom is 0.164 e. The zero-order valence-corrected chi connectivity index (χ0v) is 12.2. The predicted molar refractivity (Wildman–Crippen MR) is 77.3 cm³/mol. The predicted octanol–water partition coefficient (Wildman–Crippen LogP) is 4.77. The minimum atomic E-state index is -0.882. The van der Waals surface area contributed by atoms with Gasteiger partial charge in [0, 0.05) is 10.0 Å². The highest BCUT2D eigenvalue weighted by molar-refractivity contribution is 9.10. The quantitative estimate of drug-likeness (QED) is 0.876. The third-order valence-corrected chi connectivity index (χ3v) is 3.42. The average molecular weight is 337 g/mol. The number of halogens is 3. The van der Waals surface area contributed by atoms with Gasteiger partial charge in [-0.3, -0.25) is 0 Å². The van der Waals surface area contributed by atoms with E-state index in [0.717, 1.165) is 10.5 Å². The van der Waals surface area contributed by atoms with Gasteiger partial charge in [0.1, 0.15) is 6.07 Å². The molecule has 1 unspecified atom stereocenters. The van der Waals surface area contributed by atoms with Gasteiger partial charge in [-0.05, 0) is 31.2 Å². The monoisotopic (exact) mass is 336 g/mol. The van der Waals surface area contributed by atoms with Gasteiger partial charge >= 0.3 is 0 Å². The zero-order valence-electron chi connectivity index (χ0n) is 10.6. The van der Waals surface area contributed by atoms with Crippen LogP contribution in [0.2, 0.25) is 0 Å². The molecule has 2 nitrogen and oxygen atoms in total. The van der Waals surface area contributed by atoms with Gasteiger partial charge in [0.2, 0.25) is 0 Å². The van der Waals surface area contributed by atoms with E-state index in [1.54, 1.807) is 25.1 Å². The van der Waals surface area contributed by atoms with E-state index in [1.165, 1.54) is 12.1 Å². The summed E-state index contributed by atoms with van der Waals surface area (Å²) in [5, 5.41) is 12.1. The summed E-state index contributed by atoms with van der Waals surface area (Å²) >= 11 is 3.28. The number of hydrogen-bond donors (Lipinski definition) is 1. The van der Waals surface area contributed by atoms with Gasteiger partial charge in [0.05, 0.1) is 17.3 Å². The molecule has 0 saturated heterocycles. The van der Waals surface area contributed by atoms with Gasteiger partial charge in [-0.2, -0.15) is 5.26 Å². The van der Waals surface area contributed by atoms with Crippen LogP contribution in [0.15, 0.2) is 40.9 Å². The van der Waals surface area contributed by atoms with Crippen LogP contribution in [0, 0.1) is 23.0 Å². The van der Waals surface area contributed by atoms with Crippen LogP contribution in [0.4, 0.5) is 14.5 Å². The van der Waals surface area contributed by atoms with E-state index < -0.39 is 17.7 Å². The lowest BCUT2D eigenvalue weighted by molar-refractivity contribution is 0.494. The lowest BCUT2D eigenvalue weighted by Gasteiger charge is -2.17. The molecule has 2 rings (SSSR count). The minimum absolute atomic E-state index is 0.219. The minimum Gasteiger partial charge on any atom is -0.377 e. The van der Waals surface area contributed by atoms with Crippen LogP contribution in [-0.2, 0) is 0 Å². The average Bonchev–Trinajstić information content (AvgIpc) is 2.43. The molecule has 102 valence electrons. The number of nitriles is 1. The van der Waals surface area contributed by atoms with Crippen LogP contribution >= 0.6 is 15.9 Å². The van der Waals surface area contributed by atoms with Crippen LogP contribution in [-0.4, -0.2) is 0 Å². The van der Waals surface area contributed by atoms with E-state index in [2.05, 4.69) is 27.3 Å². The third-order valence-electron chi connectivity index (χ3n) is 2.92. The summed E-state index contributed by atoms with van der Waals surface area (Å²) in [6, 6.07) is 10.8. The zero-order chi connectivity index (χ0) is 14.7. The van der Waals surface area contributed by atoms with Crippen molar-refractivity contribution in [1.29, 1.82) is 5.26 Å². The molecule has 1 atom stereocenters. The molecule has 0 fully saturated rings. The van der Waals surface area contributed by atoms with Gasteiger partial charge < -0.3 is 5.32 Å². The smallest absolute Gasteiger partial charge is 0.164 e. The van der Waals surface area contributed by atoms with Crippen LogP contribution in [0.5, 0.6) is 0 Å². The summed E-state index contributed by atoms with van der Waals surface area (Å²) in [4.78, 5) is 0. The lowest BCUT2D eigenvalue weighted by atomic mass is 10.1. The van der Waals surface area contributed by atoms with Crippen LogP contribution in [0.25, 0.3) is 0 Å². The number of nitrogens with zero attached hydrogens (tertiary/aromatic N) is 1. The Morgan fingerprint density at radius 1 is 1.25 bits per heavy atom.